The highest BCUT2D eigenvalue weighted by Gasteiger charge is 2.16. The number of nitrogens with one attached hydrogen (secondary N) is 1. The fourth-order valence-electron chi connectivity index (χ4n) is 2.71. The molecule has 0 spiro atoms. The van der Waals surface area contributed by atoms with Crippen LogP contribution in [0.15, 0.2) is 53.9 Å². The molecule has 1 amide bonds. The van der Waals surface area contributed by atoms with E-state index in [0.29, 0.717) is 21.4 Å². The molecule has 0 aliphatic carbocycles. The zero-order chi connectivity index (χ0) is 20.3. The largest absolute Gasteiger partial charge is 0.325 e. The number of nitro benzene ring substituents is 1. The molecular formula is C19H17ClN4O3S. The Morgan fingerprint density at radius 3 is 2.75 bits per heavy atom. The number of anilines is 1. The molecule has 1 heterocycles. The number of amides is 1. The fourth-order valence-corrected chi connectivity index (χ4v) is 3.65. The molecule has 0 atom stereocenters. The summed E-state index contributed by atoms with van der Waals surface area (Å²) in [6.07, 6.45) is 3.47. The second kappa shape index (κ2) is 8.45. The predicted molar refractivity (Wildman–Crippen MR) is 110 cm³/mol. The number of nitro groups is 1. The van der Waals surface area contributed by atoms with Gasteiger partial charge in [-0.1, -0.05) is 35.5 Å². The van der Waals surface area contributed by atoms with Gasteiger partial charge in [0, 0.05) is 23.5 Å². The molecule has 7 nitrogen and oxygen atoms in total. The lowest BCUT2D eigenvalue weighted by atomic mass is 10.1. The highest BCUT2D eigenvalue weighted by Crippen LogP contribution is 2.28. The van der Waals surface area contributed by atoms with E-state index in [0.717, 1.165) is 11.3 Å². The van der Waals surface area contributed by atoms with Gasteiger partial charge in [0.1, 0.15) is 0 Å². The molecular weight excluding hydrogens is 400 g/mol. The van der Waals surface area contributed by atoms with Gasteiger partial charge < -0.3 is 5.32 Å². The lowest BCUT2D eigenvalue weighted by molar-refractivity contribution is -0.385. The third-order valence-electron chi connectivity index (χ3n) is 4.21. The van der Waals surface area contributed by atoms with Crippen LogP contribution in [0.1, 0.15) is 11.1 Å². The monoisotopic (exact) mass is 416 g/mol. The quantitative estimate of drug-likeness (QED) is 0.354. The van der Waals surface area contributed by atoms with Gasteiger partial charge >= 0.3 is 0 Å². The van der Waals surface area contributed by atoms with Crippen molar-refractivity contribution in [3.05, 3.63) is 75.1 Å². The van der Waals surface area contributed by atoms with Gasteiger partial charge in [-0.3, -0.25) is 19.5 Å². The number of imidazole rings is 1. The van der Waals surface area contributed by atoms with Crippen molar-refractivity contribution in [2.45, 2.75) is 19.0 Å². The first-order valence-corrected chi connectivity index (χ1v) is 9.70. The van der Waals surface area contributed by atoms with Gasteiger partial charge in [0.15, 0.2) is 5.16 Å². The lowest BCUT2D eigenvalue weighted by Crippen LogP contribution is -2.15. The minimum Gasteiger partial charge on any atom is -0.325 e. The predicted octanol–water partition coefficient (Wildman–Crippen LogP) is 4.78. The summed E-state index contributed by atoms with van der Waals surface area (Å²) in [5.74, 6) is -0.162. The maximum absolute atomic E-state index is 12.3. The molecule has 0 aliphatic heterocycles. The number of hydrogen-bond donors (Lipinski definition) is 1. The van der Waals surface area contributed by atoms with Gasteiger partial charge in [0.25, 0.3) is 5.69 Å². The van der Waals surface area contributed by atoms with Crippen LogP contribution in [0.4, 0.5) is 11.4 Å². The molecule has 1 N–H and O–H groups in total. The normalized spacial score (nSPS) is 10.7. The second-order valence-electron chi connectivity index (χ2n) is 6.01. The molecule has 0 radical (unpaired) electrons. The van der Waals surface area contributed by atoms with Gasteiger partial charge in [-0.15, -0.1) is 0 Å². The van der Waals surface area contributed by atoms with Crippen LogP contribution < -0.4 is 5.32 Å². The Morgan fingerprint density at radius 2 is 2.00 bits per heavy atom. The van der Waals surface area contributed by atoms with Crippen molar-refractivity contribution in [1.29, 1.82) is 0 Å². The van der Waals surface area contributed by atoms with E-state index in [-0.39, 0.29) is 17.3 Å². The van der Waals surface area contributed by atoms with E-state index in [9.17, 15) is 14.9 Å². The van der Waals surface area contributed by atoms with E-state index in [2.05, 4.69) is 10.3 Å². The topological polar surface area (TPSA) is 90.1 Å². The Morgan fingerprint density at radius 1 is 1.25 bits per heavy atom. The first-order valence-electron chi connectivity index (χ1n) is 8.34. The SMILES string of the molecule is Cc1c(Cl)cccc1-n1ccnc1SCC(=O)Nc1cccc([N+](=O)[O-])c1C. The molecule has 9 heteroatoms. The fraction of sp³-hybridized carbons (Fsp3) is 0.158. The van der Waals surface area contributed by atoms with Gasteiger partial charge in [-0.2, -0.15) is 0 Å². The summed E-state index contributed by atoms with van der Waals surface area (Å²) in [5.41, 5.74) is 2.62. The number of benzene rings is 2. The lowest BCUT2D eigenvalue weighted by Gasteiger charge is -2.12. The molecule has 28 heavy (non-hydrogen) atoms. The van der Waals surface area contributed by atoms with Crippen LogP contribution in [0.25, 0.3) is 5.69 Å². The van der Waals surface area contributed by atoms with Crippen molar-refractivity contribution >= 4 is 40.6 Å². The average molecular weight is 417 g/mol. The Balaban J connectivity index is 1.72. The Hall–Kier alpha value is -2.84. The number of nitrogens with zero attached hydrogens (tertiary/aromatic N) is 3. The van der Waals surface area contributed by atoms with E-state index in [1.54, 1.807) is 25.3 Å². The number of carbonyl (C=O) groups is 1. The Kier molecular flexibility index (Phi) is 6.01. The molecule has 0 saturated carbocycles. The molecule has 0 unspecified atom stereocenters. The molecule has 0 bridgehead atoms. The van der Waals surface area contributed by atoms with E-state index >= 15 is 0 Å². The summed E-state index contributed by atoms with van der Waals surface area (Å²) in [6.45, 7) is 3.53. The summed E-state index contributed by atoms with van der Waals surface area (Å²) in [6, 6.07) is 10.2. The van der Waals surface area contributed by atoms with Crippen LogP contribution in [-0.2, 0) is 4.79 Å². The van der Waals surface area contributed by atoms with Crippen molar-refractivity contribution in [2.24, 2.45) is 0 Å². The van der Waals surface area contributed by atoms with E-state index in [4.69, 9.17) is 11.6 Å². The molecule has 3 aromatic rings. The maximum Gasteiger partial charge on any atom is 0.274 e. The Bertz CT molecular complexity index is 1050. The van der Waals surface area contributed by atoms with Crippen molar-refractivity contribution in [1.82, 2.24) is 9.55 Å². The number of rotatable bonds is 6. The average Bonchev–Trinajstić information content (AvgIpc) is 3.12. The zero-order valence-corrected chi connectivity index (χ0v) is 16.8. The smallest absolute Gasteiger partial charge is 0.274 e. The van der Waals surface area contributed by atoms with E-state index < -0.39 is 4.92 Å². The van der Waals surface area contributed by atoms with Gasteiger partial charge in [-0.05, 0) is 37.6 Å². The molecule has 0 aliphatic rings. The van der Waals surface area contributed by atoms with Crippen LogP contribution in [0.5, 0.6) is 0 Å². The van der Waals surface area contributed by atoms with Gasteiger partial charge in [0.2, 0.25) is 5.91 Å². The van der Waals surface area contributed by atoms with Crippen LogP contribution in [-0.4, -0.2) is 26.1 Å². The van der Waals surface area contributed by atoms with Crippen molar-refractivity contribution < 1.29 is 9.72 Å². The van der Waals surface area contributed by atoms with Crippen LogP contribution >= 0.6 is 23.4 Å². The number of hydrogen-bond acceptors (Lipinski definition) is 5. The van der Waals surface area contributed by atoms with Crippen LogP contribution in [0, 0.1) is 24.0 Å². The molecule has 0 fully saturated rings. The number of aromatic nitrogens is 2. The number of carbonyl (C=O) groups excluding carboxylic acids is 1. The number of thioether (sulfide) groups is 1. The summed E-state index contributed by atoms with van der Waals surface area (Å²) in [5, 5.41) is 15.1. The standard InChI is InChI=1S/C19H17ClN4O3S/c1-12-14(20)5-3-7-16(12)23-10-9-21-19(23)28-11-18(25)22-15-6-4-8-17(13(15)2)24(26)27/h3-10H,11H2,1-2H3,(H,22,25). The van der Waals surface area contributed by atoms with Crippen molar-refractivity contribution in [2.75, 3.05) is 11.1 Å². The molecule has 1 aromatic heterocycles. The Labute approximate surface area is 170 Å². The van der Waals surface area contributed by atoms with Crippen molar-refractivity contribution in [3.8, 4) is 5.69 Å². The van der Waals surface area contributed by atoms with E-state index in [1.165, 1.54) is 17.8 Å². The van der Waals surface area contributed by atoms with E-state index in [1.807, 2.05) is 35.9 Å². The first-order chi connectivity index (χ1) is 13.4. The second-order valence-corrected chi connectivity index (χ2v) is 7.36. The minimum absolute atomic E-state index is 0.0302. The zero-order valence-electron chi connectivity index (χ0n) is 15.2. The van der Waals surface area contributed by atoms with Gasteiger partial charge in [-0.25, -0.2) is 4.98 Å². The summed E-state index contributed by atoms with van der Waals surface area (Å²) < 4.78 is 1.87. The van der Waals surface area contributed by atoms with Gasteiger partial charge in [0.05, 0.1) is 27.6 Å². The highest BCUT2D eigenvalue weighted by molar-refractivity contribution is 7.99. The molecule has 144 valence electrons. The third kappa shape index (κ3) is 4.18. The summed E-state index contributed by atoms with van der Waals surface area (Å²) in [4.78, 5) is 27.2. The molecule has 3 rings (SSSR count). The number of halogens is 1. The highest BCUT2D eigenvalue weighted by atomic mass is 35.5. The minimum atomic E-state index is -0.468. The molecule has 2 aromatic carbocycles. The van der Waals surface area contributed by atoms with Crippen LogP contribution in [0.3, 0.4) is 0 Å². The third-order valence-corrected chi connectivity index (χ3v) is 5.59. The molecule has 0 saturated heterocycles. The van der Waals surface area contributed by atoms with Crippen LogP contribution in [0.2, 0.25) is 5.02 Å². The maximum atomic E-state index is 12.3. The summed E-state index contributed by atoms with van der Waals surface area (Å²) >= 11 is 7.47. The summed E-state index contributed by atoms with van der Waals surface area (Å²) in [7, 11) is 0. The first kappa shape index (κ1) is 19.9. The van der Waals surface area contributed by atoms with Crippen molar-refractivity contribution in [3.63, 3.8) is 0 Å².